The Bertz CT molecular complexity index is 1510. The van der Waals surface area contributed by atoms with Gasteiger partial charge in [-0.15, -0.1) is 0 Å². The molecule has 1 aliphatic rings. The summed E-state index contributed by atoms with van der Waals surface area (Å²) in [6.45, 7) is 0.505. The molecule has 1 aromatic heterocycles. The summed E-state index contributed by atoms with van der Waals surface area (Å²) in [5.74, 6) is -0.335. The van der Waals surface area contributed by atoms with Gasteiger partial charge in [0.2, 0.25) is 0 Å². The van der Waals surface area contributed by atoms with Crippen LogP contribution in [0.1, 0.15) is 16.7 Å². The van der Waals surface area contributed by atoms with Gasteiger partial charge < -0.3 is 4.57 Å². The summed E-state index contributed by atoms with van der Waals surface area (Å²) in [6, 6.07) is 21.8. The Balaban J connectivity index is 1.47. The molecule has 0 spiro atoms. The van der Waals surface area contributed by atoms with Crippen molar-refractivity contribution in [2.75, 3.05) is 0 Å². The number of para-hydroxylation sites is 2. The molecule has 1 fully saturated rings. The second-order valence-corrected chi connectivity index (χ2v) is 9.92. The van der Waals surface area contributed by atoms with Crippen LogP contribution in [-0.4, -0.2) is 25.5 Å². The normalized spacial score (nSPS) is 14.9. The number of carbonyl (C=O) groups excluding carboxylic acids is 2. The maximum atomic E-state index is 13.1. The van der Waals surface area contributed by atoms with Crippen LogP contribution in [-0.2, 0) is 17.9 Å². The number of hydrogen-bond donors (Lipinski definition) is 0. The van der Waals surface area contributed by atoms with Crippen LogP contribution in [0.5, 0.6) is 0 Å². The second kappa shape index (κ2) is 9.52. The first-order valence-corrected chi connectivity index (χ1v) is 12.3. The molecule has 4 aromatic rings. The van der Waals surface area contributed by atoms with E-state index in [1.807, 2.05) is 59.3 Å². The molecule has 3 aromatic carbocycles. The SMILES string of the molecule is O=C1S/C(=C\c2cn(Cc3ccccc3[N+](=O)[O-])c3ccccc23)C(=O)N1Cc1ccc(Br)cc1. The molecule has 2 amide bonds. The summed E-state index contributed by atoms with van der Waals surface area (Å²) in [6.07, 6.45) is 3.59. The fourth-order valence-corrected chi connectivity index (χ4v) is 5.17. The summed E-state index contributed by atoms with van der Waals surface area (Å²) in [5.41, 5.74) is 3.15. The third kappa shape index (κ3) is 4.65. The lowest BCUT2D eigenvalue weighted by atomic mass is 10.1. The smallest absolute Gasteiger partial charge is 0.293 e. The zero-order chi connectivity index (χ0) is 24.5. The van der Waals surface area contributed by atoms with E-state index in [9.17, 15) is 19.7 Å². The number of rotatable bonds is 6. The summed E-state index contributed by atoms with van der Waals surface area (Å²) >= 11 is 4.30. The summed E-state index contributed by atoms with van der Waals surface area (Å²) in [7, 11) is 0. The first-order valence-electron chi connectivity index (χ1n) is 10.7. The predicted molar refractivity (Wildman–Crippen MR) is 140 cm³/mol. The third-order valence-corrected chi connectivity index (χ3v) is 7.20. The minimum absolute atomic E-state index is 0.0564. The number of carbonyl (C=O) groups is 2. The molecular formula is C26H18BrN3O4S. The number of benzene rings is 3. The largest absolute Gasteiger partial charge is 0.342 e. The molecule has 35 heavy (non-hydrogen) atoms. The Kier molecular flexibility index (Phi) is 6.27. The topological polar surface area (TPSA) is 85.5 Å². The van der Waals surface area contributed by atoms with Crippen LogP contribution in [0, 0.1) is 10.1 Å². The van der Waals surface area contributed by atoms with Crippen LogP contribution in [0.25, 0.3) is 17.0 Å². The number of aromatic nitrogens is 1. The van der Waals surface area contributed by atoms with Gasteiger partial charge in [0.05, 0.1) is 22.9 Å². The zero-order valence-electron chi connectivity index (χ0n) is 18.3. The lowest BCUT2D eigenvalue weighted by Gasteiger charge is -2.12. The molecule has 0 bridgehead atoms. The molecule has 9 heteroatoms. The van der Waals surface area contributed by atoms with Crippen molar-refractivity contribution >= 4 is 61.5 Å². The van der Waals surface area contributed by atoms with E-state index in [1.165, 1.54) is 11.0 Å². The van der Waals surface area contributed by atoms with Gasteiger partial charge in [0.25, 0.3) is 16.8 Å². The highest BCUT2D eigenvalue weighted by molar-refractivity contribution is 9.10. The van der Waals surface area contributed by atoms with Gasteiger partial charge in [0, 0.05) is 38.8 Å². The van der Waals surface area contributed by atoms with Crippen LogP contribution in [0.2, 0.25) is 0 Å². The van der Waals surface area contributed by atoms with Crippen molar-refractivity contribution in [2.24, 2.45) is 0 Å². The van der Waals surface area contributed by atoms with Crippen molar-refractivity contribution in [3.63, 3.8) is 0 Å². The van der Waals surface area contributed by atoms with Crippen molar-refractivity contribution in [1.29, 1.82) is 0 Å². The third-order valence-electron chi connectivity index (χ3n) is 5.76. The maximum absolute atomic E-state index is 13.1. The van der Waals surface area contributed by atoms with Crippen LogP contribution in [0.15, 0.2) is 88.4 Å². The Labute approximate surface area is 213 Å². The molecule has 0 N–H and O–H groups in total. The van der Waals surface area contributed by atoms with Gasteiger partial charge in [-0.25, -0.2) is 0 Å². The molecule has 1 saturated heterocycles. The van der Waals surface area contributed by atoms with Crippen molar-refractivity contribution in [2.45, 2.75) is 13.1 Å². The summed E-state index contributed by atoms with van der Waals surface area (Å²) in [4.78, 5) is 38.4. The molecule has 5 rings (SSSR count). The highest BCUT2D eigenvalue weighted by atomic mass is 79.9. The molecule has 7 nitrogen and oxygen atoms in total. The Morgan fingerprint density at radius 1 is 0.943 bits per heavy atom. The molecule has 0 saturated carbocycles. The minimum Gasteiger partial charge on any atom is -0.342 e. The van der Waals surface area contributed by atoms with Gasteiger partial charge in [-0.1, -0.05) is 64.5 Å². The maximum Gasteiger partial charge on any atom is 0.293 e. The number of nitro benzene ring substituents is 1. The van der Waals surface area contributed by atoms with Crippen LogP contribution < -0.4 is 0 Å². The molecule has 2 heterocycles. The number of amides is 2. The monoisotopic (exact) mass is 547 g/mol. The highest BCUT2D eigenvalue weighted by Gasteiger charge is 2.35. The lowest BCUT2D eigenvalue weighted by Crippen LogP contribution is -2.27. The predicted octanol–water partition coefficient (Wildman–Crippen LogP) is 6.60. The van der Waals surface area contributed by atoms with Crippen molar-refractivity contribution in [3.05, 3.63) is 115 Å². The molecule has 174 valence electrons. The number of imide groups is 1. The Morgan fingerprint density at radius 3 is 2.43 bits per heavy atom. The van der Waals surface area contributed by atoms with E-state index in [-0.39, 0.29) is 28.3 Å². The number of nitro groups is 1. The van der Waals surface area contributed by atoms with E-state index < -0.39 is 0 Å². The molecule has 0 aliphatic carbocycles. The number of hydrogen-bond acceptors (Lipinski definition) is 5. The fraction of sp³-hybridized carbons (Fsp3) is 0.0769. The van der Waals surface area contributed by atoms with Gasteiger partial charge in [-0.3, -0.25) is 24.6 Å². The van der Waals surface area contributed by atoms with Crippen molar-refractivity contribution in [1.82, 2.24) is 9.47 Å². The molecule has 1 aliphatic heterocycles. The van der Waals surface area contributed by atoms with Gasteiger partial charge >= 0.3 is 0 Å². The van der Waals surface area contributed by atoms with E-state index in [1.54, 1.807) is 24.3 Å². The van der Waals surface area contributed by atoms with Gasteiger partial charge in [0.1, 0.15) is 0 Å². The van der Waals surface area contributed by atoms with E-state index in [0.717, 1.165) is 38.3 Å². The van der Waals surface area contributed by atoms with Gasteiger partial charge in [-0.2, -0.15) is 0 Å². The van der Waals surface area contributed by atoms with E-state index in [0.29, 0.717) is 17.0 Å². The summed E-state index contributed by atoms with van der Waals surface area (Å²) in [5, 5.41) is 12.0. The van der Waals surface area contributed by atoms with E-state index in [4.69, 9.17) is 0 Å². The Hall–Kier alpha value is -3.69. The average molecular weight is 548 g/mol. The van der Waals surface area contributed by atoms with Crippen LogP contribution in [0.4, 0.5) is 10.5 Å². The average Bonchev–Trinajstić information content (AvgIpc) is 3.32. The lowest BCUT2D eigenvalue weighted by molar-refractivity contribution is -0.385. The van der Waals surface area contributed by atoms with Crippen LogP contribution in [0.3, 0.4) is 0 Å². The van der Waals surface area contributed by atoms with Crippen molar-refractivity contribution < 1.29 is 14.5 Å². The highest BCUT2D eigenvalue weighted by Crippen LogP contribution is 2.35. The molecule has 0 radical (unpaired) electrons. The molecule has 0 unspecified atom stereocenters. The van der Waals surface area contributed by atoms with Crippen LogP contribution >= 0.6 is 27.7 Å². The number of halogens is 1. The van der Waals surface area contributed by atoms with E-state index >= 15 is 0 Å². The Morgan fingerprint density at radius 2 is 1.66 bits per heavy atom. The zero-order valence-corrected chi connectivity index (χ0v) is 20.7. The quantitative estimate of drug-likeness (QED) is 0.154. The standard InChI is InChI=1S/C26H18BrN3O4S/c27-20-11-9-17(10-12-20)14-29-25(31)24(35-26(29)32)13-19-16-28(23-8-4-2-6-21(19)23)15-18-5-1-3-7-22(18)30(33)34/h1-13,16H,14-15H2/b24-13-. The fourth-order valence-electron chi connectivity index (χ4n) is 4.08. The number of nitrogens with zero attached hydrogens (tertiary/aromatic N) is 3. The number of fused-ring (bicyclic) bond motifs is 1. The summed E-state index contributed by atoms with van der Waals surface area (Å²) < 4.78 is 2.85. The second-order valence-electron chi connectivity index (χ2n) is 8.01. The number of thioether (sulfide) groups is 1. The first-order chi connectivity index (χ1) is 16.9. The molecule has 0 atom stereocenters. The first kappa shape index (κ1) is 23.1. The van der Waals surface area contributed by atoms with Gasteiger partial charge in [-0.05, 0) is 41.6 Å². The minimum atomic E-state index is -0.386. The van der Waals surface area contributed by atoms with E-state index in [2.05, 4.69) is 15.9 Å². The van der Waals surface area contributed by atoms with Gasteiger partial charge in [0.15, 0.2) is 0 Å². The molecular weight excluding hydrogens is 530 g/mol. The van der Waals surface area contributed by atoms with Crippen molar-refractivity contribution in [3.8, 4) is 0 Å².